The number of benzene rings is 1. The molecule has 0 bridgehead atoms. The number of hydrogen-bond acceptors (Lipinski definition) is 4. The van der Waals surface area contributed by atoms with Gasteiger partial charge in [0.2, 0.25) is 5.82 Å². The Balaban J connectivity index is 1.81. The number of imidazole rings is 1. The second kappa shape index (κ2) is 6.60. The first kappa shape index (κ1) is 18.2. The zero-order valence-corrected chi connectivity index (χ0v) is 14.5. The van der Waals surface area contributed by atoms with E-state index in [4.69, 9.17) is 4.18 Å². The SMILES string of the molecule is CS(=O)(=O)OCC1CCC(n2c(C(F)(F)F)nc3ccccc32)CC1. The van der Waals surface area contributed by atoms with Crippen molar-refractivity contribution >= 4 is 21.2 Å². The molecule has 1 aromatic carbocycles. The number of alkyl halides is 3. The molecule has 1 aromatic heterocycles. The van der Waals surface area contributed by atoms with Crippen LogP contribution in [0.4, 0.5) is 13.2 Å². The standard InChI is InChI=1S/C16H19F3N2O3S/c1-25(22,23)24-10-11-6-8-12(9-7-11)21-14-5-3-2-4-13(14)20-15(21)16(17,18)19/h2-5,11-12H,6-10H2,1H3. The number of nitrogens with zero attached hydrogens (tertiary/aromatic N) is 2. The first-order valence-corrected chi connectivity index (χ1v) is 9.85. The van der Waals surface area contributed by atoms with Crippen LogP contribution in [0.5, 0.6) is 0 Å². The minimum atomic E-state index is -4.52. The Labute approximate surface area is 143 Å². The van der Waals surface area contributed by atoms with Gasteiger partial charge in [-0.25, -0.2) is 4.98 Å². The van der Waals surface area contributed by atoms with Crippen molar-refractivity contribution in [2.75, 3.05) is 12.9 Å². The van der Waals surface area contributed by atoms with Crippen molar-refractivity contribution in [3.05, 3.63) is 30.1 Å². The van der Waals surface area contributed by atoms with Gasteiger partial charge in [-0.05, 0) is 43.7 Å². The smallest absolute Gasteiger partial charge is 0.317 e. The molecule has 3 rings (SSSR count). The largest absolute Gasteiger partial charge is 0.449 e. The predicted molar refractivity (Wildman–Crippen MR) is 86.5 cm³/mol. The second-order valence-corrected chi connectivity index (χ2v) is 8.10. The van der Waals surface area contributed by atoms with E-state index in [1.54, 1.807) is 24.3 Å². The summed E-state index contributed by atoms with van der Waals surface area (Å²) >= 11 is 0. The lowest BCUT2D eigenvalue weighted by Crippen LogP contribution is -2.25. The molecule has 9 heteroatoms. The van der Waals surface area contributed by atoms with Gasteiger partial charge in [0.15, 0.2) is 0 Å². The van der Waals surface area contributed by atoms with Gasteiger partial charge in [-0.2, -0.15) is 21.6 Å². The molecule has 2 aromatic rings. The fourth-order valence-electron chi connectivity index (χ4n) is 3.40. The van der Waals surface area contributed by atoms with Gasteiger partial charge in [0.25, 0.3) is 10.1 Å². The third-order valence-corrected chi connectivity index (χ3v) is 5.11. The molecule has 0 saturated heterocycles. The molecule has 1 saturated carbocycles. The number of halogens is 3. The van der Waals surface area contributed by atoms with Gasteiger partial charge >= 0.3 is 6.18 Å². The van der Waals surface area contributed by atoms with E-state index in [0.717, 1.165) is 6.26 Å². The van der Waals surface area contributed by atoms with Crippen molar-refractivity contribution in [1.82, 2.24) is 9.55 Å². The fourth-order valence-corrected chi connectivity index (χ4v) is 3.84. The lowest BCUT2D eigenvalue weighted by Gasteiger charge is -2.30. The highest BCUT2D eigenvalue weighted by Gasteiger charge is 2.40. The minimum Gasteiger partial charge on any atom is -0.317 e. The molecule has 138 valence electrons. The van der Waals surface area contributed by atoms with Gasteiger partial charge in [0.05, 0.1) is 23.9 Å². The Morgan fingerprint density at radius 3 is 2.44 bits per heavy atom. The van der Waals surface area contributed by atoms with Crippen molar-refractivity contribution < 1.29 is 25.8 Å². The maximum Gasteiger partial charge on any atom is 0.449 e. The summed E-state index contributed by atoms with van der Waals surface area (Å²) in [5.74, 6) is -0.834. The van der Waals surface area contributed by atoms with Crippen molar-refractivity contribution in [3.63, 3.8) is 0 Å². The molecular weight excluding hydrogens is 357 g/mol. The quantitative estimate of drug-likeness (QED) is 0.763. The van der Waals surface area contributed by atoms with Gasteiger partial charge in [-0.15, -0.1) is 0 Å². The summed E-state index contributed by atoms with van der Waals surface area (Å²) < 4.78 is 68.4. The van der Waals surface area contributed by atoms with E-state index in [9.17, 15) is 21.6 Å². The normalized spacial score (nSPS) is 22.4. The topological polar surface area (TPSA) is 61.2 Å². The van der Waals surface area contributed by atoms with E-state index >= 15 is 0 Å². The Morgan fingerprint density at radius 2 is 1.84 bits per heavy atom. The zero-order chi connectivity index (χ0) is 18.2. The monoisotopic (exact) mass is 376 g/mol. The number of fused-ring (bicyclic) bond motifs is 1. The number of rotatable bonds is 4. The van der Waals surface area contributed by atoms with Crippen molar-refractivity contribution in [2.45, 2.75) is 37.9 Å². The molecule has 0 aliphatic heterocycles. The molecule has 1 heterocycles. The lowest BCUT2D eigenvalue weighted by molar-refractivity contribution is -0.147. The van der Waals surface area contributed by atoms with Crippen LogP contribution in [-0.4, -0.2) is 30.8 Å². The molecule has 1 aliphatic carbocycles. The third-order valence-electron chi connectivity index (χ3n) is 4.55. The van der Waals surface area contributed by atoms with Gasteiger partial charge in [0.1, 0.15) is 0 Å². The van der Waals surface area contributed by atoms with E-state index in [-0.39, 0.29) is 18.6 Å². The summed E-state index contributed by atoms with van der Waals surface area (Å²) in [5.41, 5.74) is 0.808. The predicted octanol–water partition coefficient (Wildman–Crippen LogP) is 3.76. The van der Waals surface area contributed by atoms with E-state index in [1.807, 2.05) is 0 Å². The van der Waals surface area contributed by atoms with E-state index in [2.05, 4.69) is 4.98 Å². The highest BCUT2D eigenvalue weighted by Crippen LogP contribution is 2.39. The molecule has 0 spiro atoms. The van der Waals surface area contributed by atoms with Crippen LogP contribution in [0.1, 0.15) is 37.5 Å². The molecule has 25 heavy (non-hydrogen) atoms. The molecule has 0 amide bonds. The number of hydrogen-bond donors (Lipinski definition) is 0. The number of aromatic nitrogens is 2. The molecule has 0 N–H and O–H groups in total. The van der Waals surface area contributed by atoms with Crippen molar-refractivity contribution in [1.29, 1.82) is 0 Å². The molecular formula is C16H19F3N2O3S. The maximum atomic E-state index is 13.4. The highest BCUT2D eigenvalue weighted by atomic mass is 32.2. The Kier molecular flexibility index (Phi) is 4.80. The summed E-state index contributed by atoms with van der Waals surface area (Å²) in [7, 11) is -3.50. The van der Waals surface area contributed by atoms with E-state index in [1.165, 1.54) is 4.57 Å². The summed E-state index contributed by atoms with van der Waals surface area (Å²) in [4.78, 5) is 3.78. The maximum absolute atomic E-state index is 13.4. The first-order valence-electron chi connectivity index (χ1n) is 8.04. The molecule has 0 atom stereocenters. The average Bonchev–Trinajstić information content (AvgIpc) is 2.92. The van der Waals surface area contributed by atoms with Crippen LogP contribution in [0.15, 0.2) is 24.3 Å². The van der Waals surface area contributed by atoms with Crippen LogP contribution in [0, 0.1) is 5.92 Å². The van der Waals surface area contributed by atoms with Crippen molar-refractivity contribution in [3.8, 4) is 0 Å². The van der Waals surface area contributed by atoms with E-state index < -0.39 is 22.1 Å². The van der Waals surface area contributed by atoms with Gasteiger partial charge in [-0.3, -0.25) is 4.18 Å². The van der Waals surface area contributed by atoms with Crippen molar-refractivity contribution in [2.24, 2.45) is 5.92 Å². The van der Waals surface area contributed by atoms with Crippen LogP contribution < -0.4 is 0 Å². The van der Waals surface area contributed by atoms with Gasteiger partial charge < -0.3 is 4.57 Å². The number of para-hydroxylation sites is 2. The van der Waals surface area contributed by atoms with Crippen LogP contribution in [-0.2, 0) is 20.5 Å². The van der Waals surface area contributed by atoms with Crippen LogP contribution in [0.2, 0.25) is 0 Å². The summed E-state index contributed by atoms with van der Waals surface area (Å²) in [6.07, 6.45) is -1.24. The third kappa shape index (κ3) is 4.14. The average molecular weight is 376 g/mol. The van der Waals surface area contributed by atoms with Crippen LogP contribution >= 0.6 is 0 Å². The molecule has 0 unspecified atom stereocenters. The first-order chi connectivity index (χ1) is 11.6. The Hall–Kier alpha value is -1.61. The van der Waals surface area contributed by atoms with E-state index in [0.29, 0.717) is 36.7 Å². The summed E-state index contributed by atoms with van der Waals surface area (Å²) in [6, 6.07) is 6.28. The molecule has 0 radical (unpaired) electrons. The van der Waals surface area contributed by atoms with Gasteiger partial charge in [0, 0.05) is 6.04 Å². The Morgan fingerprint density at radius 1 is 1.20 bits per heavy atom. The molecule has 1 aliphatic rings. The molecule has 5 nitrogen and oxygen atoms in total. The molecule has 1 fully saturated rings. The summed E-state index contributed by atoms with van der Waals surface area (Å²) in [6.45, 7) is 0.0857. The fraction of sp³-hybridized carbons (Fsp3) is 0.562. The highest BCUT2D eigenvalue weighted by molar-refractivity contribution is 7.85. The Bertz CT molecular complexity index is 853. The van der Waals surface area contributed by atoms with Crippen LogP contribution in [0.25, 0.3) is 11.0 Å². The minimum absolute atomic E-state index is 0.0371. The van der Waals surface area contributed by atoms with Crippen LogP contribution in [0.3, 0.4) is 0 Å². The summed E-state index contributed by atoms with van der Waals surface area (Å²) in [5, 5.41) is 0. The zero-order valence-electron chi connectivity index (χ0n) is 13.7. The lowest BCUT2D eigenvalue weighted by atomic mass is 9.86. The van der Waals surface area contributed by atoms with Gasteiger partial charge in [-0.1, -0.05) is 12.1 Å². The second-order valence-electron chi connectivity index (χ2n) is 6.46.